The third-order valence-electron chi connectivity index (χ3n) is 4.47. The van der Waals surface area contributed by atoms with Crippen LogP contribution in [0.4, 0.5) is 4.39 Å². The van der Waals surface area contributed by atoms with Crippen LogP contribution in [0, 0.1) is 11.7 Å². The summed E-state index contributed by atoms with van der Waals surface area (Å²) in [5, 5.41) is 5.75. The lowest BCUT2D eigenvalue weighted by atomic mass is 9.95. The number of amides is 2. The number of rotatable bonds is 8. The fourth-order valence-corrected chi connectivity index (χ4v) is 2.24. The van der Waals surface area contributed by atoms with Crippen LogP contribution in [-0.2, 0) is 16.0 Å². The predicted molar refractivity (Wildman–Crippen MR) is 110 cm³/mol. The van der Waals surface area contributed by atoms with E-state index in [4.69, 9.17) is 0 Å². The molecule has 2 N–H and O–H groups in total. The molecule has 0 saturated carbocycles. The Hall–Kier alpha value is -1.91. The minimum Gasteiger partial charge on any atom is -0.349 e. The Morgan fingerprint density at radius 3 is 2.27 bits per heavy atom. The van der Waals surface area contributed by atoms with Gasteiger partial charge in [0.2, 0.25) is 11.8 Å². The number of hydrogen-bond acceptors (Lipinski definition) is 2. The molecule has 152 valence electrons. The van der Waals surface area contributed by atoms with Crippen LogP contribution < -0.4 is 10.6 Å². The van der Waals surface area contributed by atoms with Crippen molar-refractivity contribution in [1.29, 1.82) is 0 Å². The second-order valence-electron chi connectivity index (χ2n) is 6.93. The van der Waals surface area contributed by atoms with Crippen molar-refractivity contribution < 1.29 is 16.8 Å². The van der Waals surface area contributed by atoms with Crippen LogP contribution in [0.15, 0.2) is 24.3 Å². The zero-order chi connectivity index (χ0) is 20.3. The SMILES string of the molecule is CC.CCC(C)[C@H](NC(=O)Cc1ccccc1F)C(=O)NC(C)(C)CC.[HH].[HH]. The molecule has 1 unspecified atom stereocenters. The van der Waals surface area contributed by atoms with Crippen LogP contribution in [0.5, 0.6) is 0 Å². The Morgan fingerprint density at radius 1 is 1.19 bits per heavy atom. The molecular formula is C21H39FN2O2. The summed E-state index contributed by atoms with van der Waals surface area (Å²) in [6.07, 6.45) is 1.46. The van der Waals surface area contributed by atoms with E-state index in [1.807, 2.05) is 48.5 Å². The fourth-order valence-electron chi connectivity index (χ4n) is 2.24. The van der Waals surface area contributed by atoms with Crippen molar-refractivity contribution in [3.8, 4) is 0 Å². The molecule has 0 fully saturated rings. The van der Waals surface area contributed by atoms with E-state index in [0.29, 0.717) is 5.56 Å². The zero-order valence-electron chi connectivity index (χ0n) is 17.3. The maximum Gasteiger partial charge on any atom is 0.243 e. The van der Waals surface area contributed by atoms with Gasteiger partial charge in [-0.05, 0) is 37.8 Å². The average molecular weight is 371 g/mol. The van der Waals surface area contributed by atoms with Gasteiger partial charge < -0.3 is 10.6 Å². The predicted octanol–water partition coefficient (Wildman–Crippen LogP) is 4.72. The van der Waals surface area contributed by atoms with Crippen molar-refractivity contribution in [2.75, 3.05) is 0 Å². The molecule has 0 radical (unpaired) electrons. The monoisotopic (exact) mass is 370 g/mol. The summed E-state index contributed by atoms with van der Waals surface area (Å²) in [5.41, 5.74) is -0.00816. The molecule has 5 heteroatoms. The molecule has 0 saturated heterocycles. The molecule has 0 heterocycles. The summed E-state index contributed by atoms with van der Waals surface area (Å²) < 4.78 is 13.7. The smallest absolute Gasteiger partial charge is 0.243 e. The first kappa shape index (κ1) is 24.1. The summed E-state index contributed by atoms with van der Waals surface area (Å²) >= 11 is 0. The molecule has 0 aromatic heterocycles. The van der Waals surface area contributed by atoms with Crippen molar-refractivity contribution in [2.45, 2.75) is 79.3 Å². The highest BCUT2D eigenvalue weighted by atomic mass is 19.1. The Labute approximate surface area is 160 Å². The van der Waals surface area contributed by atoms with Crippen LogP contribution in [0.25, 0.3) is 0 Å². The van der Waals surface area contributed by atoms with Gasteiger partial charge in [-0.25, -0.2) is 4.39 Å². The second kappa shape index (κ2) is 11.7. The molecule has 0 aliphatic rings. The van der Waals surface area contributed by atoms with E-state index in [0.717, 1.165) is 12.8 Å². The molecule has 2 amide bonds. The van der Waals surface area contributed by atoms with E-state index in [9.17, 15) is 14.0 Å². The molecule has 0 spiro atoms. The van der Waals surface area contributed by atoms with Crippen LogP contribution in [0.3, 0.4) is 0 Å². The van der Waals surface area contributed by atoms with Gasteiger partial charge in [0, 0.05) is 8.39 Å². The van der Waals surface area contributed by atoms with Crippen molar-refractivity contribution in [3.63, 3.8) is 0 Å². The standard InChI is InChI=1S/C19H29FN2O2.C2H6.2H2/c1-6-13(3)17(18(24)22-19(4,5)7-2)21-16(23)12-14-10-8-9-11-15(14)20;1-2;;/h8-11,13,17H,6-7,12H2,1-5H3,(H,21,23)(H,22,24);1-2H3;2*1H/t13?,17-;;;/m0.../s1. The quantitative estimate of drug-likeness (QED) is 0.695. The van der Waals surface area contributed by atoms with Crippen LogP contribution in [0.2, 0.25) is 0 Å². The lowest BCUT2D eigenvalue weighted by Crippen LogP contribution is -2.55. The first-order valence-electron chi connectivity index (χ1n) is 9.55. The Bertz CT molecular complexity index is 583. The van der Waals surface area contributed by atoms with Crippen molar-refractivity contribution in [3.05, 3.63) is 35.6 Å². The van der Waals surface area contributed by atoms with Gasteiger partial charge in [0.05, 0.1) is 6.42 Å². The Balaban J connectivity index is -0.00000151. The van der Waals surface area contributed by atoms with Crippen molar-refractivity contribution in [1.82, 2.24) is 10.6 Å². The van der Waals surface area contributed by atoms with Gasteiger partial charge in [0.25, 0.3) is 0 Å². The molecular weight excluding hydrogens is 331 g/mol. The lowest BCUT2D eigenvalue weighted by Gasteiger charge is -2.30. The lowest BCUT2D eigenvalue weighted by molar-refractivity contribution is -0.131. The van der Waals surface area contributed by atoms with Gasteiger partial charge in [-0.3, -0.25) is 9.59 Å². The highest BCUT2D eigenvalue weighted by Crippen LogP contribution is 2.13. The van der Waals surface area contributed by atoms with Gasteiger partial charge in [0.1, 0.15) is 11.9 Å². The van der Waals surface area contributed by atoms with E-state index in [1.165, 1.54) is 6.07 Å². The summed E-state index contributed by atoms with van der Waals surface area (Å²) in [7, 11) is 0. The van der Waals surface area contributed by atoms with E-state index >= 15 is 0 Å². The number of nitrogens with one attached hydrogen (secondary N) is 2. The first-order chi connectivity index (χ1) is 12.2. The van der Waals surface area contributed by atoms with Crippen molar-refractivity contribution in [2.24, 2.45) is 5.92 Å². The maximum absolute atomic E-state index is 13.7. The van der Waals surface area contributed by atoms with E-state index in [1.54, 1.807) is 18.2 Å². The summed E-state index contributed by atoms with van der Waals surface area (Å²) in [6.45, 7) is 13.8. The topological polar surface area (TPSA) is 58.2 Å². The maximum atomic E-state index is 13.7. The van der Waals surface area contributed by atoms with E-state index < -0.39 is 11.9 Å². The van der Waals surface area contributed by atoms with Gasteiger partial charge in [-0.15, -0.1) is 0 Å². The molecule has 4 nitrogen and oxygen atoms in total. The molecule has 26 heavy (non-hydrogen) atoms. The third-order valence-corrected chi connectivity index (χ3v) is 4.47. The summed E-state index contributed by atoms with van der Waals surface area (Å²) in [5.74, 6) is -0.973. The van der Waals surface area contributed by atoms with E-state index in [-0.39, 0.29) is 32.5 Å². The second-order valence-corrected chi connectivity index (χ2v) is 6.93. The van der Waals surface area contributed by atoms with Gasteiger partial charge in [-0.2, -0.15) is 0 Å². The van der Waals surface area contributed by atoms with Crippen LogP contribution in [-0.4, -0.2) is 23.4 Å². The number of hydrogen-bond donors (Lipinski definition) is 2. The van der Waals surface area contributed by atoms with E-state index in [2.05, 4.69) is 10.6 Å². The molecule has 2 atom stereocenters. The fraction of sp³-hybridized carbons (Fsp3) is 0.619. The van der Waals surface area contributed by atoms with Crippen LogP contribution in [0.1, 0.15) is 69.7 Å². The van der Waals surface area contributed by atoms with Crippen LogP contribution >= 0.6 is 0 Å². The molecule has 0 aliphatic carbocycles. The van der Waals surface area contributed by atoms with Crippen molar-refractivity contribution >= 4 is 11.8 Å². The Morgan fingerprint density at radius 2 is 1.77 bits per heavy atom. The highest BCUT2D eigenvalue weighted by Gasteiger charge is 2.29. The summed E-state index contributed by atoms with van der Waals surface area (Å²) in [6, 6.07) is 5.55. The zero-order valence-corrected chi connectivity index (χ0v) is 17.3. The number of benzene rings is 1. The molecule has 0 aliphatic heterocycles. The third kappa shape index (κ3) is 7.98. The number of carbonyl (C=O) groups excluding carboxylic acids is 2. The number of carbonyl (C=O) groups is 2. The molecule has 1 rings (SSSR count). The molecule has 1 aromatic carbocycles. The summed E-state index contributed by atoms with van der Waals surface area (Å²) in [4.78, 5) is 24.9. The minimum atomic E-state index is -0.625. The molecule has 0 bridgehead atoms. The minimum absolute atomic E-state index is 0. The largest absolute Gasteiger partial charge is 0.349 e. The normalized spacial score (nSPS) is 13.1. The van der Waals surface area contributed by atoms with Gasteiger partial charge >= 0.3 is 0 Å². The highest BCUT2D eigenvalue weighted by molar-refractivity contribution is 5.89. The number of halogens is 1. The van der Waals surface area contributed by atoms with Gasteiger partial charge in [-0.1, -0.05) is 59.2 Å². The van der Waals surface area contributed by atoms with Gasteiger partial charge in [0.15, 0.2) is 0 Å². The Kier molecular flexibility index (Phi) is 10.8. The average Bonchev–Trinajstić information content (AvgIpc) is 2.62. The molecule has 1 aromatic rings. The first-order valence-corrected chi connectivity index (χ1v) is 9.55.